The van der Waals surface area contributed by atoms with Crippen LogP contribution in [-0.4, -0.2) is 16.1 Å². The number of nitrogens with zero attached hydrogens (tertiary/aromatic N) is 2. The third-order valence-electron chi connectivity index (χ3n) is 4.63. The average Bonchev–Trinajstić information content (AvgIpc) is 2.78. The molecule has 1 aromatic heterocycles. The van der Waals surface area contributed by atoms with Crippen molar-refractivity contribution in [3.8, 4) is 22.3 Å². The lowest BCUT2D eigenvalue weighted by atomic mass is 10.0. The SMILES string of the molecule is O=C(NCc1ccc(-c2ccnnc2)cc1)c1ccc(-c2cccc(F)c2)cc1. The Morgan fingerprint density at radius 3 is 2.21 bits per heavy atom. The van der Waals surface area contributed by atoms with Gasteiger partial charge in [-0.25, -0.2) is 4.39 Å². The highest BCUT2D eigenvalue weighted by molar-refractivity contribution is 5.94. The van der Waals surface area contributed by atoms with E-state index in [1.54, 1.807) is 30.6 Å². The van der Waals surface area contributed by atoms with Gasteiger partial charge >= 0.3 is 0 Å². The molecule has 4 nitrogen and oxygen atoms in total. The second-order valence-corrected chi connectivity index (χ2v) is 6.60. The third kappa shape index (κ3) is 4.52. The maximum absolute atomic E-state index is 13.4. The Balaban J connectivity index is 1.38. The molecular formula is C24H18FN3O. The normalized spacial score (nSPS) is 10.5. The number of carbonyl (C=O) groups is 1. The Morgan fingerprint density at radius 1 is 0.793 bits per heavy atom. The molecule has 29 heavy (non-hydrogen) atoms. The molecule has 3 aromatic carbocycles. The van der Waals surface area contributed by atoms with Gasteiger partial charge in [-0.3, -0.25) is 4.79 Å². The highest BCUT2D eigenvalue weighted by Crippen LogP contribution is 2.21. The molecule has 1 amide bonds. The molecule has 5 heteroatoms. The van der Waals surface area contributed by atoms with Crippen molar-refractivity contribution in [2.75, 3.05) is 0 Å². The van der Waals surface area contributed by atoms with Gasteiger partial charge in [0, 0.05) is 17.7 Å². The molecule has 0 bridgehead atoms. The van der Waals surface area contributed by atoms with Gasteiger partial charge in [0.25, 0.3) is 5.91 Å². The Kier molecular flexibility index (Phi) is 5.38. The van der Waals surface area contributed by atoms with E-state index in [0.29, 0.717) is 12.1 Å². The average molecular weight is 383 g/mol. The van der Waals surface area contributed by atoms with E-state index in [1.165, 1.54) is 12.1 Å². The fraction of sp³-hybridized carbons (Fsp3) is 0.0417. The van der Waals surface area contributed by atoms with Gasteiger partial charge in [0.15, 0.2) is 0 Å². The van der Waals surface area contributed by atoms with Gasteiger partial charge in [-0.1, -0.05) is 48.5 Å². The van der Waals surface area contributed by atoms with Crippen LogP contribution in [0.4, 0.5) is 4.39 Å². The molecule has 0 fully saturated rings. The summed E-state index contributed by atoms with van der Waals surface area (Å²) < 4.78 is 13.4. The standard InChI is InChI=1S/C24H18FN3O/c25-23-3-1-2-21(14-23)18-8-10-20(11-9-18)24(29)26-15-17-4-6-19(7-5-17)22-12-13-27-28-16-22/h1-14,16H,15H2,(H,26,29). The van der Waals surface area contributed by atoms with Crippen LogP contribution < -0.4 is 5.32 Å². The van der Waals surface area contributed by atoms with Crippen LogP contribution in [0.3, 0.4) is 0 Å². The fourth-order valence-electron chi connectivity index (χ4n) is 3.04. The fourth-order valence-corrected chi connectivity index (χ4v) is 3.04. The van der Waals surface area contributed by atoms with Crippen molar-refractivity contribution in [3.05, 3.63) is 108 Å². The molecular weight excluding hydrogens is 365 g/mol. The molecule has 0 radical (unpaired) electrons. The van der Waals surface area contributed by atoms with Crippen LogP contribution in [0, 0.1) is 5.82 Å². The maximum atomic E-state index is 13.4. The molecule has 4 aromatic rings. The monoisotopic (exact) mass is 383 g/mol. The number of nitrogens with one attached hydrogen (secondary N) is 1. The van der Waals surface area contributed by atoms with E-state index >= 15 is 0 Å². The van der Waals surface area contributed by atoms with Crippen LogP contribution >= 0.6 is 0 Å². The van der Waals surface area contributed by atoms with E-state index in [4.69, 9.17) is 0 Å². The summed E-state index contributed by atoms with van der Waals surface area (Å²) in [7, 11) is 0. The lowest BCUT2D eigenvalue weighted by Gasteiger charge is -2.08. The molecule has 4 rings (SSSR count). The molecule has 0 aliphatic heterocycles. The third-order valence-corrected chi connectivity index (χ3v) is 4.63. The lowest BCUT2D eigenvalue weighted by Crippen LogP contribution is -2.22. The van der Waals surface area contributed by atoms with Gasteiger partial charge in [-0.15, -0.1) is 0 Å². The summed E-state index contributed by atoms with van der Waals surface area (Å²) in [4.78, 5) is 12.4. The van der Waals surface area contributed by atoms with E-state index in [0.717, 1.165) is 27.8 Å². The Bertz CT molecular complexity index is 1110. The number of aromatic nitrogens is 2. The van der Waals surface area contributed by atoms with Gasteiger partial charge in [0.1, 0.15) is 5.82 Å². The Morgan fingerprint density at radius 2 is 1.52 bits per heavy atom. The Labute approximate surface area is 168 Å². The van der Waals surface area contributed by atoms with Crippen LogP contribution in [0.5, 0.6) is 0 Å². The molecule has 0 saturated heterocycles. The number of amides is 1. The summed E-state index contributed by atoms with van der Waals surface area (Å²) in [5, 5.41) is 10.6. The number of benzene rings is 3. The molecule has 0 aliphatic carbocycles. The molecule has 142 valence electrons. The predicted molar refractivity (Wildman–Crippen MR) is 110 cm³/mol. The van der Waals surface area contributed by atoms with Crippen LogP contribution in [0.15, 0.2) is 91.3 Å². The second kappa shape index (κ2) is 8.44. The van der Waals surface area contributed by atoms with Gasteiger partial charge in [-0.05, 0) is 52.6 Å². The molecule has 0 atom stereocenters. The summed E-state index contributed by atoms with van der Waals surface area (Å²) in [6.45, 7) is 0.430. The van der Waals surface area contributed by atoms with Gasteiger partial charge in [0.2, 0.25) is 0 Å². The molecule has 0 aliphatic rings. The van der Waals surface area contributed by atoms with E-state index < -0.39 is 0 Å². The number of hydrogen-bond donors (Lipinski definition) is 1. The second-order valence-electron chi connectivity index (χ2n) is 6.60. The minimum atomic E-state index is -0.282. The van der Waals surface area contributed by atoms with Crippen molar-refractivity contribution in [1.82, 2.24) is 15.5 Å². The zero-order valence-electron chi connectivity index (χ0n) is 15.5. The first kappa shape index (κ1) is 18.5. The first-order chi connectivity index (χ1) is 14.2. The van der Waals surface area contributed by atoms with Crippen molar-refractivity contribution in [2.45, 2.75) is 6.54 Å². The van der Waals surface area contributed by atoms with E-state index in [9.17, 15) is 9.18 Å². The van der Waals surface area contributed by atoms with Crippen LogP contribution in [0.25, 0.3) is 22.3 Å². The summed E-state index contributed by atoms with van der Waals surface area (Å²) in [6, 6.07) is 23.4. The smallest absolute Gasteiger partial charge is 0.251 e. The number of hydrogen-bond acceptors (Lipinski definition) is 3. The summed E-state index contributed by atoms with van der Waals surface area (Å²) in [5.74, 6) is -0.436. The molecule has 1 heterocycles. The number of carbonyl (C=O) groups excluding carboxylic acids is 1. The molecule has 1 N–H and O–H groups in total. The maximum Gasteiger partial charge on any atom is 0.251 e. The summed E-state index contributed by atoms with van der Waals surface area (Å²) in [5.41, 5.74) is 5.24. The largest absolute Gasteiger partial charge is 0.348 e. The zero-order valence-corrected chi connectivity index (χ0v) is 15.5. The number of halogens is 1. The zero-order chi connectivity index (χ0) is 20.1. The van der Waals surface area contributed by atoms with Crippen molar-refractivity contribution >= 4 is 5.91 Å². The first-order valence-electron chi connectivity index (χ1n) is 9.19. The molecule has 0 unspecified atom stereocenters. The van der Waals surface area contributed by atoms with E-state index in [2.05, 4.69) is 15.5 Å². The number of rotatable bonds is 5. The van der Waals surface area contributed by atoms with Gasteiger partial charge < -0.3 is 5.32 Å². The van der Waals surface area contributed by atoms with Crippen molar-refractivity contribution in [3.63, 3.8) is 0 Å². The molecule has 0 spiro atoms. The van der Waals surface area contributed by atoms with Crippen molar-refractivity contribution < 1.29 is 9.18 Å². The first-order valence-corrected chi connectivity index (χ1v) is 9.19. The van der Waals surface area contributed by atoms with Crippen LogP contribution in [-0.2, 0) is 6.54 Å². The van der Waals surface area contributed by atoms with E-state index in [-0.39, 0.29) is 11.7 Å². The lowest BCUT2D eigenvalue weighted by molar-refractivity contribution is 0.0951. The van der Waals surface area contributed by atoms with Crippen LogP contribution in [0.2, 0.25) is 0 Å². The highest BCUT2D eigenvalue weighted by atomic mass is 19.1. The highest BCUT2D eigenvalue weighted by Gasteiger charge is 2.07. The van der Waals surface area contributed by atoms with E-state index in [1.807, 2.05) is 48.5 Å². The molecule has 0 saturated carbocycles. The van der Waals surface area contributed by atoms with Gasteiger partial charge in [-0.2, -0.15) is 10.2 Å². The minimum absolute atomic E-state index is 0.154. The Hall–Kier alpha value is -3.86. The quantitative estimate of drug-likeness (QED) is 0.534. The van der Waals surface area contributed by atoms with Gasteiger partial charge in [0.05, 0.1) is 12.4 Å². The van der Waals surface area contributed by atoms with Crippen molar-refractivity contribution in [1.29, 1.82) is 0 Å². The summed E-state index contributed by atoms with van der Waals surface area (Å²) in [6.07, 6.45) is 3.37. The van der Waals surface area contributed by atoms with Crippen molar-refractivity contribution in [2.24, 2.45) is 0 Å². The predicted octanol–water partition coefficient (Wildman–Crippen LogP) is 4.88. The van der Waals surface area contributed by atoms with Crippen LogP contribution in [0.1, 0.15) is 15.9 Å². The topological polar surface area (TPSA) is 54.9 Å². The summed E-state index contributed by atoms with van der Waals surface area (Å²) >= 11 is 0. The minimum Gasteiger partial charge on any atom is -0.348 e.